The molecule has 0 unspecified atom stereocenters. The monoisotopic (exact) mass is 250 g/mol. The molecule has 0 aliphatic heterocycles. The van der Waals surface area contributed by atoms with E-state index in [1.54, 1.807) is 0 Å². The van der Waals surface area contributed by atoms with Crippen molar-refractivity contribution in [3.63, 3.8) is 0 Å². The lowest BCUT2D eigenvalue weighted by Crippen LogP contribution is -2.11. The smallest absolute Gasteiger partial charge is 0.416 e. The van der Waals surface area contributed by atoms with Gasteiger partial charge in [0.05, 0.1) is 23.5 Å². The highest BCUT2D eigenvalue weighted by Gasteiger charge is 2.32. The van der Waals surface area contributed by atoms with E-state index in [-0.39, 0.29) is 23.7 Å². The summed E-state index contributed by atoms with van der Waals surface area (Å²) in [5.41, 5.74) is 9.72. The molecule has 0 aliphatic rings. The van der Waals surface area contributed by atoms with E-state index in [4.69, 9.17) is 20.9 Å². The Balaban J connectivity index is 2.95. The largest absolute Gasteiger partial charge is 0.487 e. The summed E-state index contributed by atoms with van der Waals surface area (Å²) >= 11 is 0. The molecule has 0 radical (unpaired) electrons. The maximum absolute atomic E-state index is 12.4. The van der Waals surface area contributed by atoms with Crippen molar-refractivity contribution in [3.05, 3.63) is 17.7 Å². The van der Waals surface area contributed by atoms with Gasteiger partial charge in [0, 0.05) is 7.11 Å². The number of methoxy groups -OCH3 is 1. The third kappa shape index (κ3) is 3.42. The van der Waals surface area contributed by atoms with E-state index in [1.165, 1.54) is 7.11 Å². The van der Waals surface area contributed by atoms with Crippen LogP contribution in [-0.2, 0) is 10.9 Å². The molecule has 96 valence electrons. The van der Waals surface area contributed by atoms with Crippen molar-refractivity contribution in [3.8, 4) is 5.75 Å². The number of halogens is 3. The Kier molecular flexibility index (Phi) is 4.06. The van der Waals surface area contributed by atoms with Crippen molar-refractivity contribution in [2.45, 2.75) is 6.18 Å². The molecule has 0 heterocycles. The van der Waals surface area contributed by atoms with E-state index in [2.05, 4.69) is 0 Å². The highest BCUT2D eigenvalue weighted by atomic mass is 19.4. The molecule has 1 aromatic carbocycles. The first-order chi connectivity index (χ1) is 7.86. The Hall–Kier alpha value is -1.63. The molecule has 0 bridgehead atoms. The first-order valence-electron chi connectivity index (χ1n) is 4.74. The van der Waals surface area contributed by atoms with E-state index < -0.39 is 11.7 Å². The van der Waals surface area contributed by atoms with Gasteiger partial charge in [-0.3, -0.25) is 0 Å². The summed E-state index contributed by atoms with van der Waals surface area (Å²) in [6.07, 6.45) is -4.48. The number of alkyl halides is 3. The first-order valence-corrected chi connectivity index (χ1v) is 4.74. The van der Waals surface area contributed by atoms with Crippen LogP contribution in [0.1, 0.15) is 5.56 Å². The second-order valence-corrected chi connectivity index (χ2v) is 3.32. The zero-order chi connectivity index (χ0) is 13.1. The molecule has 0 saturated carbocycles. The molecular formula is C10H13F3N2O2. The Labute approximate surface area is 96.3 Å². The van der Waals surface area contributed by atoms with Crippen LogP contribution in [0.4, 0.5) is 24.5 Å². The summed E-state index contributed by atoms with van der Waals surface area (Å²) in [7, 11) is 1.48. The van der Waals surface area contributed by atoms with E-state index in [0.29, 0.717) is 6.61 Å². The third-order valence-electron chi connectivity index (χ3n) is 2.01. The molecule has 0 amide bonds. The number of hydrogen-bond acceptors (Lipinski definition) is 4. The quantitative estimate of drug-likeness (QED) is 0.632. The molecule has 17 heavy (non-hydrogen) atoms. The molecule has 0 atom stereocenters. The van der Waals surface area contributed by atoms with Crippen LogP contribution < -0.4 is 16.2 Å². The van der Waals surface area contributed by atoms with Gasteiger partial charge in [-0.25, -0.2) is 0 Å². The molecule has 0 fully saturated rings. The van der Waals surface area contributed by atoms with Crippen LogP contribution in [0.15, 0.2) is 12.1 Å². The van der Waals surface area contributed by atoms with Crippen molar-refractivity contribution in [1.29, 1.82) is 0 Å². The lowest BCUT2D eigenvalue weighted by Gasteiger charge is -2.14. The van der Waals surface area contributed by atoms with Crippen LogP contribution in [-0.4, -0.2) is 20.3 Å². The molecule has 7 heteroatoms. The van der Waals surface area contributed by atoms with E-state index in [9.17, 15) is 13.2 Å². The predicted molar refractivity (Wildman–Crippen MR) is 57.6 cm³/mol. The highest BCUT2D eigenvalue weighted by Crippen LogP contribution is 2.37. The van der Waals surface area contributed by atoms with E-state index in [1.807, 2.05) is 0 Å². The molecule has 4 nitrogen and oxygen atoms in total. The number of nitrogens with two attached hydrogens (primary N) is 2. The van der Waals surface area contributed by atoms with Crippen molar-refractivity contribution < 1.29 is 22.6 Å². The summed E-state index contributed by atoms with van der Waals surface area (Å²) in [6.45, 7) is 0.455. The zero-order valence-electron chi connectivity index (χ0n) is 9.17. The SMILES string of the molecule is COCCOc1c(N)cc(C(F)(F)F)cc1N. The second kappa shape index (κ2) is 5.13. The molecule has 0 saturated heterocycles. The minimum atomic E-state index is -4.48. The fourth-order valence-corrected chi connectivity index (χ4v) is 1.23. The number of nitrogen functional groups attached to an aromatic ring is 2. The molecular weight excluding hydrogens is 237 g/mol. The summed E-state index contributed by atoms with van der Waals surface area (Å²) < 4.78 is 47.1. The fourth-order valence-electron chi connectivity index (χ4n) is 1.23. The van der Waals surface area contributed by atoms with Crippen LogP contribution in [0.2, 0.25) is 0 Å². The van der Waals surface area contributed by atoms with Gasteiger partial charge < -0.3 is 20.9 Å². The molecule has 0 aromatic heterocycles. The van der Waals surface area contributed by atoms with Gasteiger partial charge in [-0.2, -0.15) is 13.2 Å². The standard InChI is InChI=1S/C10H13F3N2O2/c1-16-2-3-17-9-7(14)4-6(5-8(9)15)10(11,12)13/h4-5H,2-3,14-15H2,1H3. The lowest BCUT2D eigenvalue weighted by molar-refractivity contribution is -0.137. The van der Waals surface area contributed by atoms with Crippen LogP contribution in [0, 0.1) is 0 Å². The second-order valence-electron chi connectivity index (χ2n) is 3.32. The summed E-state index contributed by atoms with van der Waals surface area (Å²) in [5.74, 6) is 0.0510. The van der Waals surface area contributed by atoms with E-state index >= 15 is 0 Å². The van der Waals surface area contributed by atoms with Crippen molar-refractivity contribution >= 4 is 11.4 Å². The summed E-state index contributed by atoms with van der Waals surface area (Å²) in [5, 5.41) is 0. The average Bonchev–Trinajstić information content (AvgIpc) is 2.20. The fraction of sp³-hybridized carbons (Fsp3) is 0.400. The first kappa shape index (κ1) is 13.4. The number of rotatable bonds is 4. The van der Waals surface area contributed by atoms with Gasteiger partial charge in [0.15, 0.2) is 5.75 Å². The van der Waals surface area contributed by atoms with Gasteiger partial charge in [-0.15, -0.1) is 0 Å². The number of anilines is 2. The van der Waals surface area contributed by atoms with E-state index in [0.717, 1.165) is 12.1 Å². The molecule has 1 rings (SSSR count). The van der Waals surface area contributed by atoms with Crippen molar-refractivity contribution in [2.24, 2.45) is 0 Å². The van der Waals surface area contributed by atoms with Crippen molar-refractivity contribution in [2.75, 3.05) is 31.8 Å². The molecule has 0 spiro atoms. The van der Waals surface area contributed by atoms with Crippen molar-refractivity contribution in [1.82, 2.24) is 0 Å². The zero-order valence-corrected chi connectivity index (χ0v) is 9.17. The minimum Gasteiger partial charge on any atom is -0.487 e. The summed E-state index contributed by atoms with van der Waals surface area (Å²) in [4.78, 5) is 0. The molecule has 4 N–H and O–H groups in total. The number of ether oxygens (including phenoxy) is 2. The van der Waals surface area contributed by atoms with Gasteiger partial charge in [0.25, 0.3) is 0 Å². The maximum atomic E-state index is 12.4. The third-order valence-corrected chi connectivity index (χ3v) is 2.01. The van der Waals surface area contributed by atoms with Gasteiger partial charge >= 0.3 is 6.18 Å². The van der Waals surface area contributed by atoms with Crippen LogP contribution >= 0.6 is 0 Å². The Morgan fingerprint density at radius 2 is 1.65 bits per heavy atom. The molecule has 0 aliphatic carbocycles. The van der Waals surface area contributed by atoms with Gasteiger partial charge in [0.2, 0.25) is 0 Å². The Morgan fingerprint density at radius 3 is 2.06 bits per heavy atom. The van der Waals surface area contributed by atoms with Crippen LogP contribution in [0.3, 0.4) is 0 Å². The summed E-state index contributed by atoms with van der Waals surface area (Å²) in [6, 6.07) is 1.58. The topological polar surface area (TPSA) is 70.5 Å². The Morgan fingerprint density at radius 1 is 1.12 bits per heavy atom. The number of hydrogen-bond donors (Lipinski definition) is 2. The number of benzene rings is 1. The van der Waals surface area contributed by atoms with Gasteiger partial charge in [-0.05, 0) is 12.1 Å². The highest BCUT2D eigenvalue weighted by molar-refractivity contribution is 5.69. The Bertz CT molecular complexity index is 371. The van der Waals surface area contributed by atoms with Crippen LogP contribution in [0.25, 0.3) is 0 Å². The average molecular weight is 250 g/mol. The lowest BCUT2D eigenvalue weighted by atomic mass is 10.1. The maximum Gasteiger partial charge on any atom is 0.416 e. The minimum absolute atomic E-state index is 0.0510. The molecule has 1 aromatic rings. The normalized spacial score (nSPS) is 11.5. The van der Waals surface area contributed by atoms with Gasteiger partial charge in [-0.1, -0.05) is 0 Å². The van der Waals surface area contributed by atoms with Gasteiger partial charge in [0.1, 0.15) is 6.61 Å². The predicted octanol–water partition coefficient (Wildman–Crippen LogP) is 1.90. The van der Waals surface area contributed by atoms with Crippen LogP contribution in [0.5, 0.6) is 5.75 Å².